The monoisotopic (exact) mass is 315 g/mol. The highest BCUT2D eigenvalue weighted by Crippen LogP contribution is 2.22. The van der Waals surface area contributed by atoms with Crippen molar-refractivity contribution < 1.29 is 14.7 Å². The summed E-state index contributed by atoms with van der Waals surface area (Å²) in [6.07, 6.45) is 2.35. The number of carboxylic acid groups (broad SMARTS) is 1. The van der Waals surface area contributed by atoms with Gasteiger partial charge in [0.25, 0.3) is 5.91 Å². The molecule has 1 aromatic carbocycles. The van der Waals surface area contributed by atoms with Gasteiger partial charge in [0, 0.05) is 37.3 Å². The van der Waals surface area contributed by atoms with Crippen molar-refractivity contribution in [3.05, 3.63) is 29.8 Å². The van der Waals surface area contributed by atoms with E-state index in [4.69, 9.17) is 5.11 Å². The van der Waals surface area contributed by atoms with Gasteiger partial charge in [0.2, 0.25) is 0 Å². The highest BCUT2D eigenvalue weighted by atomic mass is 16.4. The maximum Gasteiger partial charge on any atom is 0.308 e. The zero-order valence-electron chi connectivity index (χ0n) is 13.2. The third-order valence-electron chi connectivity index (χ3n) is 4.45. The Hall–Kier alpha value is -2.37. The second-order valence-corrected chi connectivity index (χ2v) is 6.18. The van der Waals surface area contributed by atoms with Gasteiger partial charge in [-0.1, -0.05) is 0 Å². The van der Waals surface area contributed by atoms with E-state index >= 15 is 0 Å². The van der Waals surface area contributed by atoms with E-state index in [1.54, 1.807) is 17.0 Å². The lowest BCUT2D eigenvalue weighted by Gasteiger charge is -2.30. The van der Waals surface area contributed by atoms with E-state index in [1.165, 1.54) is 0 Å². The summed E-state index contributed by atoms with van der Waals surface area (Å²) in [6, 6.07) is 7.39. The summed E-state index contributed by atoms with van der Waals surface area (Å²) in [4.78, 5) is 25.3. The van der Waals surface area contributed by atoms with Crippen LogP contribution in [0.15, 0.2) is 29.4 Å². The molecule has 6 nitrogen and oxygen atoms in total. The number of hydrogen-bond donors (Lipinski definition) is 1. The van der Waals surface area contributed by atoms with E-state index in [-0.39, 0.29) is 5.91 Å². The first kappa shape index (κ1) is 15.5. The van der Waals surface area contributed by atoms with E-state index in [2.05, 4.69) is 5.10 Å². The minimum atomic E-state index is -0.819. The molecule has 2 aliphatic heterocycles. The third-order valence-corrected chi connectivity index (χ3v) is 4.45. The van der Waals surface area contributed by atoms with Gasteiger partial charge in [0.05, 0.1) is 11.6 Å². The number of carbonyl (C=O) groups is 2. The highest BCUT2D eigenvalue weighted by Gasteiger charge is 2.28. The Morgan fingerprint density at radius 2 is 1.96 bits per heavy atom. The van der Waals surface area contributed by atoms with Crippen LogP contribution in [-0.4, -0.2) is 47.2 Å². The van der Waals surface area contributed by atoms with Crippen LogP contribution in [0.5, 0.6) is 0 Å². The van der Waals surface area contributed by atoms with Crippen LogP contribution in [0, 0.1) is 5.92 Å². The summed E-state index contributed by atoms with van der Waals surface area (Å²) in [5.74, 6) is -1.36. The summed E-state index contributed by atoms with van der Waals surface area (Å²) >= 11 is 0. The van der Waals surface area contributed by atoms with E-state index in [0.29, 0.717) is 25.1 Å². The Kier molecular flexibility index (Phi) is 4.32. The summed E-state index contributed by atoms with van der Waals surface area (Å²) < 4.78 is 0. The lowest BCUT2D eigenvalue weighted by molar-refractivity contribution is -0.143. The Balaban J connectivity index is 1.69. The van der Waals surface area contributed by atoms with Gasteiger partial charge < -0.3 is 10.0 Å². The molecule has 1 N–H and O–H groups in total. The Morgan fingerprint density at radius 1 is 1.22 bits per heavy atom. The molecule has 0 bridgehead atoms. The highest BCUT2D eigenvalue weighted by molar-refractivity contribution is 5.95. The second-order valence-electron chi connectivity index (χ2n) is 6.18. The minimum absolute atomic E-state index is 0.0939. The van der Waals surface area contributed by atoms with Gasteiger partial charge in [-0.2, -0.15) is 5.10 Å². The van der Waals surface area contributed by atoms with E-state index in [1.807, 2.05) is 24.1 Å². The first-order chi connectivity index (χ1) is 11.0. The summed E-state index contributed by atoms with van der Waals surface area (Å²) in [7, 11) is 0. The molecule has 2 aliphatic rings. The number of piperidine rings is 1. The number of benzene rings is 1. The molecule has 122 valence electrons. The van der Waals surface area contributed by atoms with Crippen LogP contribution in [0.3, 0.4) is 0 Å². The van der Waals surface area contributed by atoms with Crippen molar-refractivity contribution in [3.63, 3.8) is 0 Å². The van der Waals surface area contributed by atoms with Crippen molar-refractivity contribution >= 4 is 23.3 Å². The zero-order chi connectivity index (χ0) is 16.4. The Morgan fingerprint density at radius 3 is 2.57 bits per heavy atom. The maximum absolute atomic E-state index is 12.5. The molecular weight excluding hydrogens is 294 g/mol. The van der Waals surface area contributed by atoms with E-state index in [0.717, 1.165) is 30.8 Å². The van der Waals surface area contributed by atoms with Gasteiger partial charge in [-0.15, -0.1) is 0 Å². The summed E-state index contributed by atoms with van der Waals surface area (Å²) in [5, 5.41) is 15.5. The van der Waals surface area contributed by atoms with Crippen LogP contribution in [0.2, 0.25) is 0 Å². The first-order valence-corrected chi connectivity index (χ1v) is 7.98. The molecule has 6 heteroatoms. The lowest BCUT2D eigenvalue weighted by Crippen LogP contribution is -2.42. The number of nitrogens with zero attached hydrogens (tertiary/aromatic N) is 3. The number of anilines is 1. The van der Waals surface area contributed by atoms with Gasteiger partial charge in [0.1, 0.15) is 0 Å². The topological polar surface area (TPSA) is 73.2 Å². The molecule has 0 spiro atoms. The smallest absolute Gasteiger partial charge is 0.308 e. The van der Waals surface area contributed by atoms with Gasteiger partial charge in [-0.3, -0.25) is 14.6 Å². The fourth-order valence-corrected chi connectivity index (χ4v) is 3.08. The van der Waals surface area contributed by atoms with Crippen molar-refractivity contribution in [2.75, 3.05) is 24.6 Å². The van der Waals surface area contributed by atoms with Crippen LogP contribution >= 0.6 is 0 Å². The molecule has 1 saturated heterocycles. The average Bonchev–Trinajstić information content (AvgIpc) is 3.01. The standard InChI is InChI=1S/C17H21N3O3/c1-12-8-10-20(18-12)15-6-4-13(5-7-15)16(21)19-9-2-3-14(11-19)17(22)23/h4-7,14H,2-3,8-11H2,1H3,(H,22,23)/t14-/m0/s1. The van der Waals surface area contributed by atoms with Crippen LogP contribution in [0.4, 0.5) is 5.69 Å². The number of aliphatic carboxylic acids is 1. The number of likely N-dealkylation sites (tertiary alicyclic amines) is 1. The van der Waals surface area contributed by atoms with Gasteiger partial charge in [0.15, 0.2) is 0 Å². The number of carboxylic acids is 1. The van der Waals surface area contributed by atoms with Crippen LogP contribution in [0.1, 0.15) is 36.5 Å². The summed E-state index contributed by atoms with van der Waals surface area (Å²) in [6.45, 7) is 3.80. The molecule has 1 atom stereocenters. The molecule has 2 heterocycles. The van der Waals surface area contributed by atoms with Crippen molar-refractivity contribution in [1.29, 1.82) is 0 Å². The number of rotatable bonds is 3. The van der Waals surface area contributed by atoms with Crippen molar-refractivity contribution in [3.8, 4) is 0 Å². The summed E-state index contributed by atoms with van der Waals surface area (Å²) in [5.41, 5.74) is 2.68. The molecular formula is C17H21N3O3. The molecule has 3 rings (SSSR count). The number of hydrazone groups is 1. The van der Waals surface area contributed by atoms with Gasteiger partial charge in [-0.25, -0.2) is 0 Å². The van der Waals surface area contributed by atoms with Crippen molar-refractivity contribution in [2.45, 2.75) is 26.2 Å². The molecule has 0 aliphatic carbocycles. The molecule has 1 aromatic rings. The average molecular weight is 315 g/mol. The quantitative estimate of drug-likeness (QED) is 0.928. The van der Waals surface area contributed by atoms with Crippen molar-refractivity contribution in [1.82, 2.24) is 4.90 Å². The molecule has 0 aromatic heterocycles. The number of hydrogen-bond acceptors (Lipinski definition) is 4. The molecule has 0 radical (unpaired) electrons. The zero-order valence-corrected chi connectivity index (χ0v) is 13.2. The van der Waals surface area contributed by atoms with E-state index in [9.17, 15) is 9.59 Å². The third kappa shape index (κ3) is 3.36. The molecule has 1 amide bonds. The Bertz CT molecular complexity index is 639. The predicted molar refractivity (Wildman–Crippen MR) is 87.8 cm³/mol. The minimum Gasteiger partial charge on any atom is -0.481 e. The van der Waals surface area contributed by atoms with Gasteiger partial charge >= 0.3 is 5.97 Å². The lowest BCUT2D eigenvalue weighted by atomic mass is 9.97. The predicted octanol–water partition coefficient (Wildman–Crippen LogP) is 2.21. The van der Waals surface area contributed by atoms with Crippen molar-refractivity contribution in [2.24, 2.45) is 11.0 Å². The fraction of sp³-hybridized carbons (Fsp3) is 0.471. The normalized spacial score (nSPS) is 21.3. The SMILES string of the molecule is CC1=NN(c2ccc(C(=O)N3CCC[C@H](C(=O)O)C3)cc2)CC1. The largest absolute Gasteiger partial charge is 0.481 e. The first-order valence-electron chi connectivity index (χ1n) is 7.98. The van der Waals surface area contributed by atoms with E-state index < -0.39 is 11.9 Å². The van der Waals surface area contributed by atoms with Crippen LogP contribution in [-0.2, 0) is 4.79 Å². The Labute approximate surface area is 135 Å². The maximum atomic E-state index is 12.5. The van der Waals surface area contributed by atoms with Gasteiger partial charge in [-0.05, 0) is 44.0 Å². The van der Waals surface area contributed by atoms with Crippen LogP contribution in [0.25, 0.3) is 0 Å². The molecule has 23 heavy (non-hydrogen) atoms. The molecule has 0 unspecified atom stereocenters. The van der Waals surface area contributed by atoms with Crippen LogP contribution < -0.4 is 5.01 Å². The number of carbonyl (C=O) groups excluding carboxylic acids is 1. The molecule has 0 saturated carbocycles. The number of amides is 1. The fourth-order valence-electron chi connectivity index (χ4n) is 3.08. The second kappa shape index (κ2) is 6.40. The molecule has 1 fully saturated rings.